The second-order valence-corrected chi connectivity index (χ2v) is 8.34. The smallest absolute Gasteiger partial charge is 0.203 e. The normalized spacial score (nSPS) is 20.2. The van der Waals surface area contributed by atoms with E-state index in [4.69, 9.17) is 0 Å². The summed E-state index contributed by atoms with van der Waals surface area (Å²) in [5.41, 5.74) is 2.35. The van der Waals surface area contributed by atoms with Crippen molar-refractivity contribution < 1.29 is 17.6 Å². The first-order chi connectivity index (χ1) is 13.9. The minimum atomic E-state index is -4.11. The van der Waals surface area contributed by atoms with Crippen molar-refractivity contribution in [3.8, 4) is 11.1 Å². The zero-order valence-electron chi connectivity index (χ0n) is 17.0. The molecule has 2 aromatic carbocycles. The van der Waals surface area contributed by atoms with Crippen LogP contribution in [0, 0.1) is 5.92 Å². The van der Waals surface area contributed by atoms with Crippen LogP contribution in [0.2, 0.25) is 0 Å². The average Bonchev–Trinajstić information content (AvgIpc) is 2.74. The van der Waals surface area contributed by atoms with E-state index in [0.29, 0.717) is 5.92 Å². The molecule has 0 saturated heterocycles. The molecule has 0 spiro atoms. The maximum absolute atomic E-state index is 13.4. The van der Waals surface area contributed by atoms with E-state index in [1.165, 1.54) is 69.1 Å². The highest BCUT2D eigenvalue weighted by Gasteiger charge is 2.42. The van der Waals surface area contributed by atoms with Crippen molar-refractivity contribution in [3.63, 3.8) is 0 Å². The number of benzene rings is 2. The first-order valence-electron chi connectivity index (χ1n) is 10.8. The topological polar surface area (TPSA) is 0 Å². The van der Waals surface area contributed by atoms with Gasteiger partial charge in [0.05, 0.1) is 0 Å². The number of unbranched alkanes of at least 4 members (excludes halogenated alkanes) is 2. The van der Waals surface area contributed by atoms with Gasteiger partial charge in [-0.2, -0.15) is 8.78 Å². The Hall–Kier alpha value is -1.84. The highest BCUT2D eigenvalue weighted by atomic mass is 19.3. The third-order valence-electron chi connectivity index (χ3n) is 6.32. The molecule has 2 aromatic rings. The van der Waals surface area contributed by atoms with E-state index in [-0.39, 0.29) is 0 Å². The lowest BCUT2D eigenvalue weighted by Gasteiger charge is -2.29. The number of alkyl halides is 4. The lowest BCUT2D eigenvalue weighted by molar-refractivity contribution is -0.135. The average molecular weight is 407 g/mol. The molecule has 0 bridgehead atoms. The standard InChI is InChI=1S/C25H30F4/c1-2-3-4-5-18-6-8-19(9-7-18)20-10-12-21(13-11-20)22-14-16-23(17-15-22)25(28,29)24(26)27/h10-19,24H,2-9H2,1H3/t18-,19-. The summed E-state index contributed by atoms with van der Waals surface area (Å²) in [7, 11) is 0. The molecule has 29 heavy (non-hydrogen) atoms. The summed E-state index contributed by atoms with van der Waals surface area (Å²) < 4.78 is 51.9. The lowest BCUT2D eigenvalue weighted by Crippen LogP contribution is -2.23. The fourth-order valence-corrected chi connectivity index (χ4v) is 4.43. The van der Waals surface area contributed by atoms with Crippen LogP contribution in [0.4, 0.5) is 17.6 Å². The zero-order chi connectivity index (χ0) is 20.9. The zero-order valence-corrected chi connectivity index (χ0v) is 17.0. The molecular formula is C25H30F4. The van der Waals surface area contributed by atoms with Gasteiger partial charge >= 0.3 is 12.3 Å². The molecule has 1 aliphatic rings. The summed E-state index contributed by atoms with van der Waals surface area (Å²) in [5, 5.41) is 0. The Morgan fingerprint density at radius 3 is 1.90 bits per heavy atom. The van der Waals surface area contributed by atoms with Gasteiger partial charge in [0.15, 0.2) is 0 Å². The van der Waals surface area contributed by atoms with Gasteiger partial charge in [0.2, 0.25) is 0 Å². The van der Waals surface area contributed by atoms with Crippen LogP contribution in [0.25, 0.3) is 11.1 Å². The monoisotopic (exact) mass is 406 g/mol. The predicted molar refractivity (Wildman–Crippen MR) is 111 cm³/mol. The van der Waals surface area contributed by atoms with Gasteiger partial charge in [0.1, 0.15) is 0 Å². The molecule has 3 rings (SSSR count). The molecule has 0 N–H and O–H groups in total. The van der Waals surface area contributed by atoms with Gasteiger partial charge < -0.3 is 0 Å². The Balaban J connectivity index is 1.59. The van der Waals surface area contributed by atoms with E-state index < -0.39 is 17.9 Å². The van der Waals surface area contributed by atoms with Gasteiger partial charge in [-0.15, -0.1) is 0 Å². The van der Waals surface area contributed by atoms with E-state index in [9.17, 15) is 17.6 Å². The van der Waals surface area contributed by atoms with Crippen LogP contribution in [0.1, 0.15) is 75.3 Å². The maximum Gasteiger partial charge on any atom is 0.332 e. The number of hydrogen-bond donors (Lipinski definition) is 0. The van der Waals surface area contributed by atoms with Crippen LogP contribution in [-0.4, -0.2) is 6.43 Å². The lowest BCUT2D eigenvalue weighted by atomic mass is 9.77. The Bertz CT molecular complexity index is 741. The molecule has 1 saturated carbocycles. The first kappa shape index (κ1) is 21.9. The van der Waals surface area contributed by atoms with Crippen LogP contribution in [0.3, 0.4) is 0 Å². The Morgan fingerprint density at radius 2 is 1.38 bits per heavy atom. The van der Waals surface area contributed by atoms with Gasteiger partial charge in [-0.05, 0) is 54.2 Å². The number of rotatable bonds is 8. The van der Waals surface area contributed by atoms with E-state index in [1.54, 1.807) is 0 Å². The van der Waals surface area contributed by atoms with Gasteiger partial charge in [-0.1, -0.05) is 81.1 Å². The quantitative estimate of drug-likeness (QED) is 0.304. The summed E-state index contributed by atoms with van der Waals surface area (Å²) in [6.07, 6.45) is 6.69. The number of hydrogen-bond acceptors (Lipinski definition) is 0. The fraction of sp³-hybridized carbons (Fsp3) is 0.520. The van der Waals surface area contributed by atoms with Crippen LogP contribution >= 0.6 is 0 Å². The Morgan fingerprint density at radius 1 is 0.828 bits per heavy atom. The van der Waals surface area contributed by atoms with Crippen molar-refractivity contribution in [1.29, 1.82) is 0 Å². The summed E-state index contributed by atoms with van der Waals surface area (Å²) in [5.74, 6) is -2.64. The number of halogens is 4. The summed E-state index contributed by atoms with van der Waals surface area (Å²) in [4.78, 5) is 0. The molecular weight excluding hydrogens is 376 g/mol. The maximum atomic E-state index is 13.4. The van der Waals surface area contributed by atoms with Crippen LogP contribution < -0.4 is 0 Å². The third-order valence-corrected chi connectivity index (χ3v) is 6.32. The molecule has 0 nitrogen and oxygen atoms in total. The first-order valence-corrected chi connectivity index (χ1v) is 10.8. The van der Waals surface area contributed by atoms with Crippen molar-refractivity contribution in [2.24, 2.45) is 5.92 Å². The van der Waals surface area contributed by atoms with Gasteiger partial charge in [0, 0.05) is 5.56 Å². The molecule has 4 heteroatoms. The SMILES string of the molecule is CCCCC[C@H]1CC[C@H](c2ccc(-c3ccc(C(F)(F)C(F)F)cc3)cc2)CC1. The van der Waals surface area contributed by atoms with E-state index >= 15 is 0 Å². The molecule has 0 amide bonds. The second-order valence-electron chi connectivity index (χ2n) is 8.34. The van der Waals surface area contributed by atoms with Crippen molar-refractivity contribution >= 4 is 0 Å². The summed E-state index contributed by atoms with van der Waals surface area (Å²) in [6, 6.07) is 13.4. The largest absolute Gasteiger partial charge is 0.332 e. The van der Waals surface area contributed by atoms with Crippen LogP contribution in [0.15, 0.2) is 48.5 Å². The molecule has 0 radical (unpaired) electrons. The van der Waals surface area contributed by atoms with E-state index in [1.807, 2.05) is 12.1 Å². The van der Waals surface area contributed by atoms with Crippen LogP contribution in [0.5, 0.6) is 0 Å². The van der Waals surface area contributed by atoms with E-state index in [2.05, 4.69) is 19.1 Å². The minimum absolute atomic E-state index is 0.596. The molecule has 0 atom stereocenters. The van der Waals surface area contributed by atoms with E-state index in [0.717, 1.165) is 29.2 Å². The summed E-state index contributed by atoms with van der Waals surface area (Å²) in [6.45, 7) is 2.24. The fourth-order valence-electron chi connectivity index (χ4n) is 4.43. The summed E-state index contributed by atoms with van der Waals surface area (Å²) >= 11 is 0. The van der Waals surface area contributed by atoms with Crippen molar-refractivity contribution in [2.75, 3.05) is 0 Å². The highest BCUT2D eigenvalue weighted by molar-refractivity contribution is 5.64. The van der Waals surface area contributed by atoms with Gasteiger partial charge in [-0.3, -0.25) is 0 Å². The highest BCUT2D eigenvalue weighted by Crippen LogP contribution is 2.39. The Labute approximate surface area is 171 Å². The van der Waals surface area contributed by atoms with Crippen molar-refractivity contribution in [1.82, 2.24) is 0 Å². The molecule has 0 aromatic heterocycles. The molecule has 0 unspecified atom stereocenters. The van der Waals surface area contributed by atoms with Gasteiger partial charge in [-0.25, -0.2) is 8.78 Å². The van der Waals surface area contributed by atoms with Crippen molar-refractivity contribution in [3.05, 3.63) is 59.7 Å². The van der Waals surface area contributed by atoms with Crippen molar-refractivity contribution in [2.45, 2.75) is 76.6 Å². The van der Waals surface area contributed by atoms with Crippen LogP contribution in [-0.2, 0) is 5.92 Å². The third kappa shape index (κ3) is 5.40. The molecule has 158 valence electrons. The van der Waals surface area contributed by atoms with Gasteiger partial charge in [0.25, 0.3) is 0 Å². The Kier molecular flexibility index (Phi) is 7.37. The molecule has 1 fully saturated rings. The minimum Gasteiger partial charge on any atom is -0.203 e. The predicted octanol–water partition coefficient (Wildman–Crippen LogP) is 8.56. The molecule has 0 aliphatic heterocycles. The second kappa shape index (κ2) is 9.77. The molecule has 0 heterocycles. The molecule has 1 aliphatic carbocycles.